The van der Waals surface area contributed by atoms with Gasteiger partial charge in [0.15, 0.2) is 0 Å². The van der Waals surface area contributed by atoms with Crippen molar-refractivity contribution < 1.29 is 9.63 Å². The van der Waals surface area contributed by atoms with Crippen molar-refractivity contribution in [2.45, 2.75) is 6.92 Å². The van der Waals surface area contributed by atoms with Gasteiger partial charge in [-0.1, -0.05) is 59.2 Å². The Balaban J connectivity index is 1.89. The van der Waals surface area contributed by atoms with E-state index in [-0.39, 0.29) is 11.1 Å². The molecule has 1 amide bonds. The van der Waals surface area contributed by atoms with E-state index in [0.717, 1.165) is 22.4 Å². The number of para-hydroxylation sites is 1. The normalized spacial score (nSPS) is 11.1. The van der Waals surface area contributed by atoms with Gasteiger partial charge >= 0.3 is 0 Å². The predicted octanol–water partition coefficient (Wildman–Crippen LogP) is 5.02. The van der Waals surface area contributed by atoms with Gasteiger partial charge in [-0.15, -0.1) is 0 Å². The van der Waals surface area contributed by atoms with Crippen molar-refractivity contribution in [3.8, 4) is 11.1 Å². The number of nitrogens with one attached hydrogen (secondary N) is 1. The highest BCUT2D eigenvalue weighted by molar-refractivity contribution is 6.33. The SMILES string of the molecule is CON=C(C)c1ccc(-c2ccccc2NC(=O)c2cccnc2Cl)cc1. The van der Waals surface area contributed by atoms with Gasteiger partial charge in [-0.25, -0.2) is 4.98 Å². The van der Waals surface area contributed by atoms with Crippen molar-refractivity contribution in [3.63, 3.8) is 0 Å². The highest BCUT2D eigenvalue weighted by atomic mass is 35.5. The number of pyridine rings is 1. The van der Waals surface area contributed by atoms with E-state index in [4.69, 9.17) is 16.4 Å². The smallest absolute Gasteiger partial charge is 0.258 e. The maximum atomic E-state index is 12.6. The monoisotopic (exact) mass is 379 g/mol. The molecule has 3 rings (SSSR count). The number of halogens is 1. The molecule has 1 N–H and O–H groups in total. The van der Waals surface area contributed by atoms with Gasteiger partial charge in [0, 0.05) is 17.4 Å². The van der Waals surface area contributed by atoms with Gasteiger partial charge in [0.1, 0.15) is 12.3 Å². The summed E-state index contributed by atoms with van der Waals surface area (Å²) in [4.78, 5) is 21.3. The van der Waals surface area contributed by atoms with Crippen molar-refractivity contribution in [3.05, 3.63) is 83.1 Å². The van der Waals surface area contributed by atoms with Crippen LogP contribution in [0.1, 0.15) is 22.8 Å². The number of amides is 1. The molecule has 0 aliphatic carbocycles. The number of rotatable bonds is 5. The first-order valence-electron chi connectivity index (χ1n) is 8.29. The molecule has 0 aliphatic rings. The van der Waals surface area contributed by atoms with Crippen LogP contribution in [0.5, 0.6) is 0 Å². The molecule has 0 bridgehead atoms. The molecule has 1 aromatic heterocycles. The zero-order valence-electron chi connectivity index (χ0n) is 14.9. The summed E-state index contributed by atoms with van der Waals surface area (Å²) >= 11 is 6.02. The van der Waals surface area contributed by atoms with Crippen LogP contribution < -0.4 is 5.32 Å². The second kappa shape index (κ2) is 8.47. The first kappa shape index (κ1) is 18.6. The first-order valence-corrected chi connectivity index (χ1v) is 8.67. The van der Waals surface area contributed by atoms with Gasteiger partial charge in [-0.2, -0.15) is 0 Å². The second-order valence-electron chi connectivity index (χ2n) is 5.78. The summed E-state index contributed by atoms with van der Waals surface area (Å²) in [6.45, 7) is 1.88. The molecule has 1 heterocycles. The number of hydrogen-bond donors (Lipinski definition) is 1. The Hall–Kier alpha value is -3.18. The van der Waals surface area contributed by atoms with Crippen molar-refractivity contribution in [2.75, 3.05) is 12.4 Å². The number of aromatic nitrogens is 1. The van der Waals surface area contributed by atoms with Crippen LogP contribution in [0.25, 0.3) is 11.1 Å². The topological polar surface area (TPSA) is 63.6 Å². The molecule has 0 atom stereocenters. The van der Waals surface area contributed by atoms with Crippen molar-refractivity contribution in [1.82, 2.24) is 4.98 Å². The molecule has 27 heavy (non-hydrogen) atoms. The maximum Gasteiger partial charge on any atom is 0.258 e. The Morgan fingerprint density at radius 3 is 2.52 bits per heavy atom. The molecule has 0 saturated carbocycles. The fourth-order valence-electron chi connectivity index (χ4n) is 2.67. The lowest BCUT2D eigenvalue weighted by atomic mass is 10.0. The van der Waals surface area contributed by atoms with Crippen molar-refractivity contribution in [2.24, 2.45) is 5.16 Å². The molecular formula is C21H18ClN3O2. The average molecular weight is 380 g/mol. The van der Waals surface area contributed by atoms with Gasteiger partial charge in [-0.3, -0.25) is 4.79 Å². The molecule has 0 saturated heterocycles. The minimum absolute atomic E-state index is 0.171. The third kappa shape index (κ3) is 4.33. The van der Waals surface area contributed by atoms with Crippen molar-refractivity contribution in [1.29, 1.82) is 0 Å². The van der Waals surface area contributed by atoms with E-state index in [1.165, 1.54) is 7.11 Å². The van der Waals surface area contributed by atoms with Gasteiger partial charge in [-0.05, 0) is 36.2 Å². The fourth-order valence-corrected chi connectivity index (χ4v) is 2.87. The van der Waals surface area contributed by atoms with Gasteiger partial charge in [0.05, 0.1) is 11.3 Å². The third-order valence-corrected chi connectivity index (χ3v) is 4.32. The van der Waals surface area contributed by atoms with E-state index in [1.807, 2.05) is 55.5 Å². The fraction of sp³-hybridized carbons (Fsp3) is 0.0952. The minimum atomic E-state index is -0.305. The summed E-state index contributed by atoms with van der Waals surface area (Å²) < 4.78 is 0. The summed E-state index contributed by atoms with van der Waals surface area (Å²) in [6, 6.07) is 18.8. The number of carbonyl (C=O) groups is 1. The molecular weight excluding hydrogens is 362 g/mol. The Morgan fingerprint density at radius 1 is 1.07 bits per heavy atom. The Morgan fingerprint density at radius 2 is 1.81 bits per heavy atom. The van der Waals surface area contributed by atoms with Crippen LogP contribution in [0.15, 0.2) is 72.0 Å². The molecule has 0 radical (unpaired) electrons. The van der Waals surface area contributed by atoms with Crippen LogP contribution in [0.2, 0.25) is 5.15 Å². The van der Waals surface area contributed by atoms with E-state index < -0.39 is 0 Å². The average Bonchev–Trinajstić information content (AvgIpc) is 2.69. The first-order chi connectivity index (χ1) is 13.1. The molecule has 5 nitrogen and oxygen atoms in total. The van der Waals surface area contributed by atoms with Crippen LogP contribution in [0.3, 0.4) is 0 Å². The highest BCUT2D eigenvalue weighted by Crippen LogP contribution is 2.29. The molecule has 0 fully saturated rings. The Kier molecular flexibility index (Phi) is 5.84. The minimum Gasteiger partial charge on any atom is -0.399 e. The summed E-state index contributed by atoms with van der Waals surface area (Å²) in [5, 5.41) is 7.02. The summed E-state index contributed by atoms with van der Waals surface area (Å²) in [6.07, 6.45) is 1.55. The zero-order chi connectivity index (χ0) is 19.2. The van der Waals surface area contributed by atoms with E-state index in [0.29, 0.717) is 11.3 Å². The van der Waals surface area contributed by atoms with Gasteiger partial charge in [0.25, 0.3) is 5.91 Å². The van der Waals surface area contributed by atoms with Gasteiger partial charge in [0.2, 0.25) is 0 Å². The van der Waals surface area contributed by atoms with Crippen LogP contribution >= 0.6 is 11.6 Å². The second-order valence-corrected chi connectivity index (χ2v) is 6.14. The van der Waals surface area contributed by atoms with Crippen molar-refractivity contribution >= 4 is 28.9 Å². The Labute approximate surface area is 162 Å². The number of nitrogens with zero attached hydrogens (tertiary/aromatic N) is 2. The zero-order valence-corrected chi connectivity index (χ0v) is 15.7. The molecule has 0 aliphatic heterocycles. The molecule has 6 heteroatoms. The lowest BCUT2D eigenvalue weighted by Gasteiger charge is -2.12. The van der Waals surface area contributed by atoms with Crippen LogP contribution in [0, 0.1) is 0 Å². The highest BCUT2D eigenvalue weighted by Gasteiger charge is 2.13. The standard InChI is InChI=1S/C21H18ClN3O2/c1-14(25-27-2)15-9-11-16(12-10-15)17-6-3-4-8-19(17)24-21(26)18-7-5-13-23-20(18)22/h3-13H,1-2H3,(H,24,26). The molecule has 0 spiro atoms. The predicted molar refractivity (Wildman–Crippen MR) is 108 cm³/mol. The number of carbonyl (C=O) groups excluding carboxylic acids is 1. The van der Waals surface area contributed by atoms with Crippen LogP contribution in [-0.4, -0.2) is 23.7 Å². The maximum absolute atomic E-state index is 12.6. The summed E-state index contributed by atoms with van der Waals surface area (Å²) in [5.74, 6) is -0.305. The van der Waals surface area contributed by atoms with E-state index >= 15 is 0 Å². The molecule has 2 aromatic carbocycles. The quantitative estimate of drug-likeness (QED) is 0.384. The van der Waals surface area contributed by atoms with E-state index in [2.05, 4.69) is 15.5 Å². The van der Waals surface area contributed by atoms with Crippen LogP contribution in [-0.2, 0) is 4.84 Å². The van der Waals surface area contributed by atoms with Crippen LogP contribution in [0.4, 0.5) is 5.69 Å². The lowest BCUT2D eigenvalue weighted by molar-refractivity contribution is 0.102. The largest absolute Gasteiger partial charge is 0.399 e. The Bertz CT molecular complexity index is 985. The molecule has 3 aromatic rings. The third-order valence-electron chi connectivity index (χ3n) is 4.02. The lowest BCUT2D eigenvalue weighted by Crippen LogP contribution is -2.13. The summed E-state index contributed by atoms with van der Waals surface area (Å²) in [7, 11) is 1.52. The molecule has 0 unspecified atom stereocenters. The summed E-state index contributed by atoms with van der Waals surface area (Å²) in [5.41, 5.74) is 4.64. The van der Waals surface area contributed by atoms with E-state index in [9.17, 15) is 4.79 Å². The molecule has 136 valence electrons. The van der Waals surface area contributed by atoms with E-state index in [1.54, 1.807) is 18.3 Å². The number of oxime groups is 1. The van der Waals surface area contributed by atoms with Gasteiger partial charge < -0.3 is 10.2 Å². The number of hydrogen-bond acceptors (Lipinski definition) is 4. The number of anilines is 1. The number of benzene rings is 2.